The molecule has 4 unspecified atom stereocenters. The predicted octanol–water partition coefficient (Wildman–Crippen LogP) is 7.53. The first kappa shape index (κ1) is 30.4. The number of carbonyl (C=O) groups excluding carboxylic acids is 1. The van der Waals surface area contributed by atoms with Crippen LogP contribution in [0.25, 0.3) is 0 Å². The van der Waals surface area contributed by atoms with Gasteiger partial charge in [-0.05, 0) is 77.0 Å². The lowest BCUT2D eigenvalue weighted by molar-refractivity contribution is -0.450. The highest BCUT2D eigenvalue weighted by Gasteiger charge is 2.60. The van der Waals surface area contributed by atoms with Crippen molar-refractivity contribution in [1.82, 2.24) is 0 Å². The van der Waals surface area contributed by atoms with Gasteiger partial charge >= 0.3 is 5.97 Å². The van der Waals surface area contributed by atoms with Crippen LogP contribution in [-0.4, -0.2) is 24.7 Å². The van der Waals surface area contributed by atoms with Crippen molar-refractivity contribution in [2.24, 2.45) is 28.6 Å². The predicted molar refractivity (Wildman–Crippen MR) is 127 cm³/mol. The molecule has 186 valence electrons. The Bertz CT molecular complexity index is 544. The normalized spacial score (nSPS) is 35.1. The third-order valence-corrected chi connectivity index (χ3v) is 7.13. The molecule has 0 spiro atoms. The second-order valence-corrected chi connectivity index (χ2v) is 10.2. The van der Waals surface area contributed by atoms with Crippen LogP contribution in [0.4, 0.5) is 0 Å². The second-order valence-electron chi connectivity index (χ2n) is 10.2. The molecular formula is C26H52O5. The maximum atomic E-state index is 13.1. The van der Waals surface area contributed by atoms with E-state index in [1.807, 2.05) is 48.5 Å². The quantitative estimate of drug-likeness (QED) is 0.190. The van der Waals surface area contributed by atoms with E-state index in [2.05, 4.69) is 20.8 Å². The number of hydrogen-bond donors (Lipinski definition) is 0. The van der Waals surface area contributed by atoms with Crippen molar-refractivity contribution in [2.45, 2.75) is 127 Å². The Balaban J connectivity index is 0.00000212. The fourth-order valence-corrected chi connectivity index (χ4v) is 5.50. The largest absolute Gasteiger partial charge is 0.433 e. The zero-order valence-corrected chi connectivity index (χ0v) is 22.8. The highest BCUT2D eigenvalue weighted by Crippen LogP contribution is 2.59. The number of esters is 1. The smallest absolute Gasteiger partial charge is 0.314 e. The number of ether oxygens (including phenoxy) is 2. The Hall–Kier alpha value is -0.650. The fraction of sp³-hybridized carbons (Fsp3) is 0.962. The molecule has 1 heterocycles. The summed E-state index contributed by atoms with van der Waals surface area (Å²) >= 11 is 0. The van der Waals surface area contributed by atoms with Gasteiger partial charge < -0.3 is 9.47 Å². The van der Waals surface area contributed by atoms with Gasteiger partial charge in [0.25, 0.3) is 0 Å². The summed E-state index contributed by atoms with van der Waals surface area (Å²) in [5.41, 5.74) is -0.551. The molecular weight excluding hydrogens is 392 g/mol. The Morgan fingerprint density at radius 1 is 1.06 bits per heavy atom. The Morgan fingerprint density at radius 3 is 2.10 bits per heavy atom. The highest BCUT2D eigenvalue weighted by atomic mass is 17.2. The van der Waals surface area contributed by atoms with Crippen molar-refractivity contribution in [3.63, 3.8) is 0 Å². The van der Waals surface area contributed by atoms with Crippen molar-refractivity contribution in [2.75, 3.05) is 7.11 Å². The zero-order chi connectivity index (χ0) is 24.7. The molecule has 0 bridgehead atoms. The molecule has 0 aromatic carbocycles. The van der Waals surface area contributed by atoms with Crippen molar-refractivity contribution in [1.29, 1.82) is 0 Å². The highest BCUT2D eigenvalue weighted by molar-refractivity contribution is 5.76. The monoisotopic (exact) mass is 444 g/mol. The molecule has 31 heavy (non-hydrogen) atoms. The average molecular weight is 445 g/mol. The minimum absolute atomic E-state index is 0.00736. The molecule has 0 amide bonds. The van der Waals surface area contributed by atoms with Crippen LogP contribution >= 0.6 is 0 Å². The van der Waals surface area contributed by atoms with Gasteiger partial charge in [-0.2, -0.15) is 0 Å². The van der Waals surface area contributed by atoms with Gasteiger partial charge in [-0.25, -0.2) is 9.78 Å². The lowest BCUT2D eigenvalue weighted by Crippen LogP contribution is -2.52. The van der Waals surface area contributed by atoms with Crippen LogP contribution in [0.15, 0.2) is 0 Å². The van der Waals surface area contributed by atoms with Gasteiger partial charge in [0.15, 0.2) is 5.79 Å². The van der Waals surface area contributed by atoms with Crippen molar-refractivity contribution in [3.8, 4) is 0 Å². The van der Waals surface area contributed by atoms with E-state index in [0.717, 1.165) is 25.7 Å². The summed E-state index contributed by atoms with van der Waals surface area (Å²) in [6.07, 6.45) is 5.05. The molecule has 5 heteroatoms. The van der Waals surface area contributed by atoms with Gasteiger partial charge in [-0.1, -0.05) is 48.5 Å². The van der Waals surface area contributed by atoms with Crippen LogP contribution < -0.4 is 0 Å². The van der Waals surface area contributed by atoms with E-state index in [-0.39, 0.29) is 17.3 Å². The van der Waals surface area contributed by atoms with Crippen LogP contribution in [0, 0.1) is 28.6 Å². The second kappa shape index (κ2) is 12.0. The first-order chi connectivity index (χ1) is 14.3. The standard InChI is InChI=1S/C22H40O5.2C2H6/c1-10-22-12-11-15(2)16(3)13-17(22)21(8,26-20(6,7)27-24-9)25-18(23)19(4,5)14-22;2*1-2/h15-17H,10-14H2,1-9H3;2*1-2H3/t15?,16?,17?,21?,22-;;/m0../s1. The number of hydrogen-bond acceptors (Lipinski definition) is 5. The minimum atomic E-state index is -1.07. The summed E-state index contributed by atoms with van der Waals surface area (Å²) in [5, 5.41) is 0. The van der Waals surface area contributed by atoms with E-state index in [9.17, 15) is 4.79 Å². The van der Waals surface area contributed by atoms with Gasteiger partial charge in [-0.3, -0.25) is 4.79 Å². The number of rotatable bonds is 5. The molecule has 1 aliphatic carbocycles. The molecule has 0 N–H and O–H groups in total. The van der Waals surface area contributed by atoms with Crippen LogP contribution in [-0.2, 0) is 24.0 Å². The maximum absolute atomic E-state index is 13.1. The van der Waals surface area contributed by atoms with Crippen LogP contribution in [0.3, 0.4) is 0 Å². The molecule has 1 saturated carbocycles. The molecule has 1 saturated heterocycles. The summed E-state index contributed by atoms with van der Waals surface area (Å²) in [4.78, 5) is 23.3. The first-order valence-corrected chi connectivity index (χ1v) is 12.5. The summed E-state index contributed by atoms with van der Waals surface area (Å²) in [7, 11) is 1.46. The van der Waals surface area contributed by atoms with Crippen molar-refractivity contribution >= 4 is 5.97 Å². The zero-order valence-electron chi connectivity index (χ0n) is 22.8. The number of carbonyl (C=O) groups is 1. The molecule has 5 atom stereocenters. The van der Waals surface area contributed by atoms with Crippen LogP contribution in [0.5, 0.6) is 0 Å². The average Bonchev–Trinajstić information content (AvgIpc) is 2.85. The van der Waals surface area contributed by atoms with Gasteiger partial charge in [-0.15, -0.1) is 0 Å². The lowest BCUT2D eigenvalue weighted by Gasteiger charge is -2.48. The van der Waals surface area contributed by atoms with E-state index in [4.69, 9.17) is 19.2 Å². The van der Waals surface area contributed by atoms with Crippen LogP contribution in [0.1, 0.15) is 115 Å². The minimum Gasteiger partial charge on any atom is -0.433 e. The molecule has 0 radical (unpaired) electrons. The van der Waals surface area contributed by atoms with Crippen molar-refractivity contribution < 1.29 is 24.0 Å². The summed E-state index contributed by atoms with van der Waals surface area (Å²) in [6, 6.07) is 0. The Kier molecular flexibility index (Phi) is 11.7. The molecule has 1 aliphatic heterocycles. The number of cyclic esters (lactones) is 1. The van der Waals surface area contributed by atoms with Gasteiger partial charge in [0.05, 0.1) is 12.5 Å². The fourth-order valence-electron chi connectivity index (χ4n) is 5.50. The van der Waals surface area contributed by atoms with E-state index >= 15 is 0 Å². The summed E-state index contributed by atoms with van der Waals surface area (Å²) in [6.45, 7) is 24.4. The molecule has 2 aliphatic rings. The molecule has 0 aromatic rings. The van der Waals surface area contributed by atoms with E-state index < -0.39 is 17.0 Å². The van der Waals surface area contributed by atoms with Gasteiger partial charge in [0, 0.05) is 12.8 Å². The Labute approximate surface area is 192 Å². The van der Waals surface area contributed by atoms with Crippen LogP contribution in [0.2, 0.25) is 0 Å². The van der Waals surface area contributed by atoms with E-state index in [0.29, 0.717) is 11.8 Å². The molecule has 2 fully saturated rings. The van der Waals surface area contributed by atoms with Gasteiger partial charge in [0.1, 0.15) is 0 Å². The third-order valence-electron chi connectivity index (χ3n) is 7.13. The topological polar surface area (TPSA) is 54.0 Å². The third kappa shape index (κ3) is 7.17. The van der Waals surface area contributed by atoms with E-state index in [1.165, 1.54) is 13.5 Å². The van der Waals surface area contributed by atoms with Gasteiger partial charge in [0.2, 0.25) is 5.79 Å². The van der Waals surface area contributed by atoms with E-state index in [1.54, 1.807) is 13.8 Å². The molecule has 0 aromatic heterocycles. The Morgan fingerprint density at radius 2 is 1.61 bits per heavy atom. The molecule has 5 nitrogen and oxygen atoms in total. The lowest BCUT2D eigenvalue weighted by atomic mass is 9.60. The van der Waals surface area contributed by atoms with Crippen molar-refractivity contribution in [3.05, 3.63) is 0 Å². The summed E-state index contributed by atoms with van der Waals surface area (Å²) in [5.74, 6) is -1.01. The summed E-state index contributed by atoms with van der Waals surface area (Å²) < 4.78 is 12.5. The SMILES string of the molecule is CC.CC.CC[C@@]12CCC(C)C(C)CC1C(C)(OC(C)(C)OOC)OC(=O)C(C)(C)C2. The maximum Gasteiger partial charge on any atom is 0.314 e. The first-order valence-electron chi connectivity index (χ1n) is 12.5. The number of fused-ring (bicyclic) bond motifs is 1. The molecule has 2 rings (SSSR count).